The maximum Gasteiger partial charge on any atom is 0.301 e. The summed E-state index contributed by atoms with van der Waals surface area (Å²) in [5.74, 6) is -3.73. The number of likely N-dealkylation sites (N-methyl/N-ethyl adjacent to an activating group) is 1. The first kappa shape index (κ1) is 40.7. The Morgan fingerprint density at radius 3 is 2.58 bits per heavy atom. The molecule has 3 saturated heterocycles. The topological polar surface area (TPSA) is 156 Å². The number of nitrogens with zero attached hydrogens (tertiary/aromatic N) is 8. The highest BCUT2D eigenvalue weighted by Gasteiger charge is 2.52. The summed E-state index contributed by atoms with van der Waals surface area (Å²) in [6, 6.07) is 10.4. The van der Waals surface area contributed by atoms with Crippen LogP contribution in [0.3, 0.4) is 0 Å². The van der Waals surface area contributed by atoms with E-state index in [9.17, 15) is 14.7 Å². The Bertz CT molecular complexity index is 2460. The highest BCUT2D eigenvalue weighted by molar-refractivity contribution is 6.33. The third kappa shape index (κ3) is 7.52. The van der Waals surface area contributed by atoms with E-state index in [2.05, 4.69) is 48.0 Å². The van der Waals surface area contributed by atoms with E-state index in [1.54, 1.807) is 34.8 Å². The molecule has 0 bridgehead atoms. The second-order valence-electron chi connectivity index (χ2n) is 17.5. The molecule has 0 radical (unpaired) electrons. The quantitative estimate of drug-likeness (QED) is 0.181. The van der Waals surface area contributed by atoms with Gasteiger partial charge in [0.15, 0.2) is 24.4 Å². The molecule has 7 heterocycles. The molecule has 1 aliphatic carbocycles. The summed E-state index contributed by atoms with van der Waals surface area (Å²) in [6.45, 7) is 3.70. The summed E-state index contributed by atoms with van der Waals surface area (Å²) in [6.07, 6.45) is 1.92. The number of benzene rings is 2. The molecule has 2 aromatic carbocycles. The van der Waals surface area contributed by atoms with Crippen molar-refractivity contribution >= 4 is 68.8 Å². The molecular weight excluding hydrogens is 827 g/mol. The van der Waals surface area contributed by atoms with Crippen LogP contribution in [0.4, 0.5) is 42.0 Å². The van der Waals surface area contributed by atoms with E-state index < -0.39 is 36.9 Å². The molecule has 1 saturated carbocycles. The van der Waals surface area contributed by atoms with Gasteiger partial charge in [-0.1, -0.05) is 11.6 Å². The second kappa shape index (κ2) is 15.8. The van der Waals surface area contributed by atoms with Gasteiger partial charge < -0.3 is 35.2 Å². The average Bonchev–Trinajstić information content (AvgIpc) is 4.06. The van der Waals surface area contributed by atoms with Crippen LogP contribution >= 0.6 is 11.6 Å². The number of piperazine rings is 1. The van der Waals surface area contributed by atoms with Crippen molar-refractivity contribution in [3.63, 3.8) is 0 Å². The van der Waals surface area contributed by atoms with Crippen molar-refractivity contribution in [3.8, 4) is 0 Å². The van der Waals surface area contributed by atoms with Gasteiger partial charge in [-0.25, -0.2) is 18.2 Å². The van der Waals surface area contributed by atoms with Gasteiger partial charge in [0.25, 0.3) is 0 Å². The van der Waals surface area contributed by atoms with Crippen molar-refractivity contribution in [1.82, 2.24) is 35.3 Å². The number of aryl methyl sites for hydroxylation is 1. The number of alkyl halides is 3. The van der Waals surface area contributed by atoms with Gasteiger partial charge in [0, 0.05) is 93.7 Å². The predicted molar refractivity (Wildman–Crippen MR) is 228 cm³/mol. The monoisotopic (exact) mass is 875 g/mol. The smallest absolute Gasteiger partial charge is 0.301 e. The van der Waals surface area contributed by atoms with Crippen LogP contribution in [-0.2, 0) is 21.4 Å². The molecule has 10 rings (SSSR count). The summed E-state index contributed by atoms with van der Waals surface area (Å²) >= 11 is 6.59. The van der Waals surface area contributed by atoms with Crippen LogP contribution in [0.1, 0.15) is 49.3 Å². The minimum atomic E-state index is -3.12. The zero-order chi connectivity index (χ0) is 43.0. The molecule has 2 amide bonds. The number of imide groups is 1. The van der Waals surface area contributed by atoms with Crippen LogP contribution < -0.4 is 30.7 Å². The number of carbonyl (C=O) groups is 2. The Balaban J connectivity index is 0.766. The fourth-order valence-electron chi connectivity index (χ4n) is 9.68. The summed E-state index contributed by atoms with van der Waals surface area (Å²) in [5.41, 5.74) is 4.82. The highest BCUT2D eigenvalue weighted by Crippen LogP contribution is 2.46. The molecule has 5 atom stereocenters. The molecule has 6 aliphatic rings. The van der Waals surface area contributed by atoms with Gasteiger partial charge in [0.1, 0.15) is 11.2 Å². The Morgan fingerprint density at radius 2 is 1.82 bits per heavy atom. The summed E-state index contributed by atoms with van der Waals surface area (Å²) < 4.78 is 53.7. The van der Waals surface area contributed by atoms with E-state index in [1.807, 2.05) is 18.0 Å². The van der Waals surface area contributed by atoms with Crippen molar-refractivity contribution in [3.05, 3.63) is 64.6 Å². The molecule has 2 unspecified atom stereocenters. The Labute approximate surface area is 361 Å². The SMILES string of the molecule is CN1c2ccc(Nc3nc(N4CC[C@H](CN5CCN(c6ccc7c(C8CCC(=O)NC8=O)nn(C)c7c6)CC5)[C@@H](F)C4)ncc3Cl)cc2C2=C(OCC(F)(F)[C@H](C3CC3)N2)C1O. The molecule has 328 valence electrons. The van der Waals surface area contributed by atoms with E-state index in [0.717, 1.165) is 42.8 Å². The van der Waals surface area contributed by atoms with Crippen LogP contribution in [0.2, 0.25) is 5.02 Å². The lowest BCUT2D eigenvalue weighted by Gasteiger charge is -2.40. The normalized spacial score (nSPS) is 26.7. The first-order valence-corrected chi connectivity index (χ1v) is 21.7. The van der Waals surface area contributed by atoms with Gasteiger partial charge in [-0.15, -0.1) is 0 Å². The lowest BCUT2D eigenvalue weighted by Crippen LogP contribution is -2.51. The fourth-order valence-corrected chi connectivity index (χ4v) is 9.82. The van der Waals surface area contributed by atoms with Gasteiger partial charge in [-0.05, 0) is 68.0 Å². The first-order valence-electron chi connectivity index (χ1n) is 21.3. The number of aromatic nitrogens is 4. The number of fused-ring (bicyclic) bond motifs is 3. The van der Waals surface area contributed by atoms with Crippen LogP contribution in [0.25, 0.3) is 16.6 Å². The predicted octanol–water partition coefficient (Wildman–Crippen LogP) is 4.74. The molecule has 15 nitrogen and oxygen atoms in total. The Kier molecular flexibility index (Phi) is 10.4. The number of hydrogen-bond donors (Lipinski definition) is 4. The Hall–Kier alpha value is -5.33. The molecule has 19 heteroatoms. The highest BCUT2D eigenvalue weighted by atomic mass is 35.5. The van der Waals surface area contributed by atoms with Crippen LogP contribution in [-0.4, -0.2) is 125 Å². The third-order valence-corrected chi connectivity index (χ3v) is 13.7. The zero-order valence-corrected chi connectivity index (χ0v) is 35.2. The number of anilines is 5. The van der Waals surface area contributed by atoms with Gasteiger partial charge >= 0.3 is 5.92 Å². The van der Waals surface area contributed by atoms with Crippen LogP contribution in [0.15, 0.2) is 48.4 Å². The minimum Gasteiger partial charge on any atom is -0.485 e. The van der Waals surface area contributed by atoms with Gasteiger partial charge in [-0.2, -0.15) is 10.1 Å². The number of halogens is 4. The molecule has 0 spiro atoms. The summed E-state index contributed by atoms with van der Waals surface area (Å²) in [7, 11) is 3.55. The number of nitrogens with one attached hydrogen (secondary N) is 3. The van der Waals surface area contributed by atoms with E-state index in [1.165, 1.54) is 6.20 Å². The number of carbonyl (C=O) groups excluding carboxylic acids is 2. The lowest BCUT2D eigenvalue weighted by atomic mass is 9.93. The van der Waals surface area contributed by atoms with E-state index in [0.29, 0.717) is 85.3 Å². The lowest BCUT2D eigenvalue weighted by molar-refractivity contribution is -0.134. The standard InChI is InChI=1S/C43H49ClF3N11O4/c1-54-32-9-5-25(17-29(32)36-37(41(54)61)62-22-43(46,47)38(51-36)23-3-4-23)49-39-30(44)19-48-42(52-39)58-12-11-24(31(45)21-58)20-56-13-15-57(16-14-56)26-6-7-27-33(18-26)55(2)53-35(27)28-8-10-34(59)50-40(28)60/h5-7,9,17-19,23-24,28,31,38,41,51,61H,3-4,8,10-16,20-22H2,1-2H3,(H,48,49,52)(H,50,59,60)/t24-,28?,31+,38+,41?/m1/s1. The van der Waals surface area contributed by atoms with E-state index in [4.69, 9.17) is 21.3 Å². The number of rotatable bonds is 8. The largest absolute Gasteiger partial charge is 0.485 e. The average molecular weight is 876 g/mol. The van der Waals surface area contributed by atoms with Gasteiger partial charge in [0.2, 0.25) is 17.8 Å². The minimum absolute atomic E-state index is 0.0531. The third-order valence-electron chi connectivity index (χ3n) is 13.4. The van der Waals surface area contributed by atoms with Crippen LogP contribution in [0, 0.1) is 11.8 Å². The molecular formula is C43H49ClF3N11O4. The van der Waals surface area contributed by atoms with Gasteiger partial charge in [-0.3, -0.25) is 24.5 Å². The zero-order valence-electron chi connectivity index (χ0n) is 34.5. The number of ether oxygens (including phenoxy) is 1. The van der Waals surface area contributed by atoms with Crippen molar-refractivity contribution in [2.24, 2.45) is 18.9 Å². The number of aliphatic hydroxyl groups excluding tert-OH is 1. The number of piperidine rings is 2. The summed E-state index contributed by atoms with van der Waals surface area (Å²) in [4.78, 5) is 41.5. The number of amides is 2. The summed E-state index contributed by atoms with van der Waals surface area (Å²) in [5, 5.41) is 25.7. The fraction of sp³-hybridized carbons (Fsp3) is 0.512. The molecule has 4 N–H and O–H groups in total. The molecule has 5 aliphatic heterocycles. The first-order chi connectivity index (χ1) is 29.8. The molecule has 2 aromatic heterocycles. The molecule has 4 aromatic rings. The second-order valence-corrected chi connectivity index (χ2v) is 17.9. The van der Waals surface area contributed by atoms with E-state index >= 15 is 13.2 Å². The molecule has 4 fully saturated rings. The van der Waals surface area contributed by atoms with Crippen molar-refractivity contribution in [1.29, 1.82) is 0 Å². The van der Waals surface area contributed by atoms with E-state index in [-0.39, 0.29) is 41.0 Å². The van der Waals surface area contributed by atoms with Crippen LogP contribution in [0.5, 0.6) is 0 Å². The number of hydrogen-bond acceptors (Lipinski definition) is 13. The van der Waals surface area contributed by atoms with Crippen molar-refractivity contribution < 1.29 is 32.6 Å². The maximum atomic E-state index is 16.0. The number of aliphatic hydroxyl groups is 1. The maximum absolute atomic E-state index is 16.0. The van der Waals surface area contributed by atoms with Crippen molar-refractivity contribution in [2.75, 3.05) is 79.5 Å². The Morgan fingerprint density at radius 1 is 1.02 bits per heavy atom. The molecule has 62 heavy (non-hydrogen) atoms. The van der Waals surface area contributed by atoms with Gasteiger partial charge in [0.05, 0.1) is 41.6 Å². The van der Waals surface area contributed by atoms with Crippen molar-refractivity contribution in [2.45, 2.75) is 62.4 Å².